The summed E-state index contributed by atoms with van der Waals surface area (Å²) in [6.07, 6.45) is -0.0735. The van der Waals surface area contributed by atoms with Crippen LogP contribution in [-0.2, 0) is 29.2 Å². The van der Waals surface area contributed by atoms with Crippen LogP contribution in [0.5, 0.6) is 5.75 Å². The van der Waals surface area contributed by atoms with Crippen molar-refractivity contribution in [3.63, 3.8) is 0 Å². The zero-order chi connectivity index (χ0) is 22.2. The fraction of sp³-hybridized carbons (Fsp3) is 0.269. The van der Waals surface area contributed by atoms with Crippen molar-refractivity contribution in [1.29, 1.82) is 0 Å². The number of carboxylic acids is 1. The van der Waals surface area contributed by atoms with Crippen LogP contribution in [0.2, 0.25) is 0 Å². The predicted molar refractivity (Wildman–Crippen MR) is 122 cm³/mol. The van der Waals surface area contributed by atoms with E-state index in [2.05, 4.69) is 30.3 Å². The predicted octanol–water partition coefficient (Wildman–Crippen LogP) is 5.12. The summed E-state index contributed by atoms with van der Waals surface area (Å²) in [7, 11) is 0. The fourth-order valence-electron chi connectivity index (χ4n) is 3.43. The monoisotopic (exact) mass is 419 g/mol. The van der Waals surface area contributed by atoms with E-state index in [1.807, 2.05) is 38.1 Å². The molecule has 0 heterocycles. The number of carboxylic acid groups (broad SMARTS) is 1. The van der Waals surface area contributed by atoms with Gasteiger partial charge in [0.25, 0.3) is 0 Å². The summed E-state index contributed by atoms with van der Waals surface area (Å²) in [5.41, 5.74) is 12.0. The van der Waals surface area contributed by atoms with Crippen molar-refractivity contribution in [2.75, 3.05) is 6.61 Å². The Labute approximate surface area is 183 Å². The molecule has 0 aliphatic heterocycles. The van der Waals surface area contributed by atoms with Gasteiger partial charge >= 0.3 is 5.97 Å². The second-order valence-corrected chi connectivity index (χ2v) is 7.56. The smallest absolute Gasteiger partial charge is 0.307 e. The number of nitrogens with two attached hydrogens (primary N) is 1. The van der Waals surface area contributed by atoms with Gasteiger partial charge in [-0.3, -0.25) is 4.79 Å². The quantitative estimate of drug-likeness (QED) is 0.477. The van der Waals surface area contributed by atoms with Gasteiger partial charge in [-0.15, -0.1) is 0 Å². The van der Waals surface area contributed by atoms with E-state index in [4.69, 9.17) is 20.3 Å². The Balaban J connectivity index is 1.89. The van der Waals surface area contributed by atoms with Crippen molar-refractivity contribution in [1.82, 2.24) is 0 Å². The lowest BCUT2D eigenvalue weighted by Gasteiger charge is -2.14. The van der Waals surface area contributed by atoms with E-state index < -0.39 is 5.97 Å². The van der Waals surface area contributed by atoms with Gasteiger partial charge in [0.05, 0.1) is 13.0 Å². The number of hydrogen-bond acceptors (Lipinski definition) is 4. The lowest BCUT2D eigenvalue weighted by Crippen LogP contribution is -2.05. The average molecular weight is 420 g/mol. The van der Waals surface area contributed by atoms with Gasteiger partial charge < -0.3 is 20.3 Å². The first-order valence-electron chi connectivity index (χ1n) is 10.4. The lowest BCUT2D eigenvalue weighted by atomic mass is 9.97. The molecule has 31 heavy (non-hydrogen) atoms. The molecule has 0 aliphatic carbocycles. The molecule has 5 heteroatoms. The van der Waals surface area contributed by atoms with Crippen LogP contribution < -0.4 is 10.5 Å². The van der Waals surface area contributed by atoms with Gasteiger partial charge in [0.1, 0.15) is 12.4 Å². The van der Waals surface area contributed by atoms with Crippen molar-refractivity contribution in [3.8, 4) is 16.9 Å². The molecule has 0 unspecified atom stereocenters. The highest BCUT2D eigenvalue weighted by Crippen LogP contribution is 2.27. The molecule has 3 aromatic carbocycles. The van der Waals surface area contributed by atoms with E-state index in [-0.39, 0.29) is 12.5 Å². The minimum absolute atomic E-state index is 0.0416. The SMILES string of the molecule is CCOCc1cc(COc2ccccc2CC(=O)O)cc(-c2cccc([C@@H](C)N)c2)c1. The molecule has 162 valence electrons. The molecule has 0 saturated carbocycles. The fourth-order valence-corrected chi connectivity index (χ4v) is 3.43. The third kappa shape index (κ3) is 6.41. The van der Waals surface area contributed by atoms with Crippen molar-refractivity contribution in [2.24, 2.45) is 5.73 Å². The molecule has 0 aliphatic rings. The Morgan fingerprint density at radius 1 is 0.968 bits per heavy atom. The van der Waals surface area contributed by atoms with Crippen LogP contribution in [0.15, 0.2) is 66.7 Å². The summed E-state index contributed by atoms with van der Waals surface area (Å²) < 4.78 is 11.6. The van der Waals surface area contributed by atoms with E-state index >= 15 is 0 Å². The number of hydrogen-bond donors (Lipinski definition) is 2. The maximum Gasteiger partial charge on any atom is 0.307 e. The normalized spacial score (nSPS) is 11.8. The third-order valence-electron chi connectivity index (χ3n) is 4.98. The van der Waals surface area contributed by atoms with Crippen molar-refractivity contribution < 1.29 is 19.4 Å². The van der Waals surface area contributed by atoms with Crippen molar-refractivity contribution in [3.05, 3.63) is 89.0 Å². The van der Waals surface area contributed by atoms with Crippen LogP contribution in [0.4, 0.5) is 0 Å². The summed E-state index contributed by atoms with van der Waals surface area (Å²) in [4.78, 5) is 11.1. The summed E-state index contributed by atoms with van der Waals surface area (Å²) in [6, 6.07) is 21.7. The maximum absolute atomic E-state index is 11.1. The largest absolute Gasteiger partial charge is 0.489 e. The van der Waals surface area contributed by atoms with Gasteiger partial charge in [-0.25, -0.2) is 0 Å². The molecule has 3 aromatic rings. The summed E-state index contributed by atoms with van der Waals surface area (Å²) in [6.45, 7) is 5.42. The third-order valence-corrected chi connectivity index (χ3v) is 4.98. The molecule has 0 amide bonds. The number of rotatable bonds is 10. The molecular formula is C26H29NO4. The zero-order valence-corrected chi connectivity index (χ0v) is 18.0. The lowest BCUT2D eigenvalue weighted by molar-refractivity contribution is -0.136. The summed E-state index contributed by atoms with van der Waals surface area (Å²) in [5, 5.41) is 9.14. The molecule has 0 aromatic heterocycles. The Kier molecular flexibility index (Phi) is 7.82. The van der Waals surface area contributed by atoms with Crippen LogP contribution in [0.3, 0.4) is 0 Å². The second-order valence-electron chi connectivity index (χ2n) is 7.56. The van der Waals surface area contributed by atoms with E-state index in [0.717, 1.165) is 27.8 Å². The molecule has 1 atom stereocenters. The van der Waals surface area contributed by atoms with Gasteiger partial charge in [-0.2, -0.15) is 0 Å². The molecule has 0 spiro atoms. The second kappa shape index (κ2) is 10.8. The maximum atomic E-state index is 11.1. The van der Waals surface area contributed by atoms with E-state index in [1.54, 1.807) is 12.1 Å². The highest BCUT2D eigenvalue weighted by molar-refractivity contribution is 5.71. The number of para-hydroxylation sites is 1. The zero-order valence-electron chi connectivity index (χ0n) is 18.0. The van der Waals surface area contributed by atoms with Crippen LogP contribution in [0.25, 0.3) is 11.1 Å². The standard InChI is InChI=1S/C26H29NO4/c1-3-30-16-19-11-20(17-31-25-10-5-4-7-23(25)15-26(28)29)13-24(12-19)22-9-6-8-21(14-22)18(2)27/h4-14,18H,3,15-17,27H2,1-2H3,(H,28,29)/t18-/m1/s1. The van der Waals surface area contributed by atoms with Crippen LogP contribution >= 0.6 is 0 Å². The minimum atomic E-state index is -0.883. The van der Waals surface area contributed by atoms with Gasteiger partial charge in [-0.05, 0) is 65.9 Å². The molecule has 0 bridgehead atoms. The Bertz CT molecular complexity index is 1030. The Hall–Kier alpha value is -3.15. The number of carbonyl (C=O) groups is 1. The highest BCUT2D eigenvalue weighted by Gasteiger charge is 2.10. The van der Waals surface area contributed by atoms with Gasteiger partial charge in [0, 0.05) is 18.2 Å². The molecule has 5 nitrogen and oxygen atoms in total. The van der Waals surface area contributed by atoms with Crippen molar-refractivity contribution >= 4 is 5.97 Å². The molecule has 3 N–H and O–H groups in total. The Morgan fingerprint density at radius 3 is 2.42 bits per heavy atom. The first-order chi connectivity index (χ1) is 15.0. The van der Waals surface area contributed by atoms with Crippen LogP contribution in [-0.4, -0.2) is 17.7 Å². The van der Waals surface area contributed by atoms with Crippen molar-refractivity contribution in [2.45, 2.75) is 39.5 Å². The first-order valence-corrected chi connectivity index (χ1v) is 10.4. The van der Waals surface area contributed by atoms with Crippen LogP contribution in [0, 0.1) is 0 Å². The topological polar surface area (TPSA) is 81.8 Å². The average Bonchev–Trinajstić information content (AvgIpc) is 2.76. The molecular weight excluding hydrogens is 390 g/mol. The van der Waals surface area contributed by atoms with Gasteiger partial charge in [0.15, 0.2) is 0 Å². The van der Waals surface area contributed by atoms with Crippen LogP contribution in [0.1, 0.15) is 42.1 Å². The number of ether oxygens (including phenoxy) is 2. The summed E-state index contributed by atoms with van der Waals surface area (Å²) >= 11 is 0. The highest BCUT2D eigenvalue weighted by atomic mass is 16.5. The molecule has 0 radical (unpaired) electrons. The number of aliphatic carboxylic acids is 1. The molecule has 0 saturated heterocycles. The van der Waals surface area contributed by atoms with E-state index in [1.165, 1.54) is 0 Å². The number of benzene rings is 3. The van der Waals surface area contributed by atoms with E-state index in [9.17, 15) is 4.79 Å². The molecule has 0 fully saturated rings. The Morgan fingerprint density at radius 2 is 1.71 bits per heavy atom. The van der Waals surface area contributed by atoms with Gasteiger partial charge in [-0.1, -0.05) is 42.5 Å². The molecule has 3 rings (SSSR count). The summed E-state index contributed by atoms with van der Waals surface area (Å²) in [5.74, 6) is -0.299. The minimum Gasteiger partial charge on any atom is -0.489 e. The first kappa shape index (κ1) is 22.5. The van der Waals surface area contributed by atoms with Gasteiger partial charge in [0.2, 0.25) is 0 Å². The van der Waals surface area contributed by atoms with E-state index in [0.29, 0.717) is 31.1 Å².